The number of hydrogen-bond acceptors (Lipinski definition) is 6. The van der Waals surface area contributed by atoms with Crippen molar-refractivity contribution >= 4 is 28.6 Å². The van der Waals surface area contributed by atoms with E-state index in [2.05, 4.69) is 10.3 Å². The number of nitrogens with one attached hydrogen (secondary N) is 1. The van der Waals surface area contributed by atoms with Gasteiger partial charge in [0.25, 0.3) is 5.69 Å². The topological polar surface area (TPSA) is 111 Å². The third-order valence-corrected chi connectivity index (χ3v) is 4.00. The molecule has 21 heavy (non-hydrogen) atoms. The normalized spacial score (nSPS) is 10.3. The summed E-state index contributed by atoms with van der Waals surface area (Å²) in [7, 11) is 0. The van der Waals surface area contributed by atoms with Crippen LogP contribution in [0.2, 0.25) is 0 Å². The Kier molecular flexibility index (Phi) is 4.49. The molecule has 0 aliphatic heterocycles. The molecule has 0 bridgehead atoms. The lowest BCUT2D eigenvalue weighted by Crippen LogP contribution is -2.12. The molecule has 7 nitrogen and oxygen atoms in total. The molecule has 0 radical (unpaired) electrons. The van der Waals surface area contributed by atoms with Crippen LogP contribution < -0.4 is 11.1 Å². The van der Waals surface area contributed by atoms with Gasteiger partial charge in [0, 0.05) is 22.7 Å². The van der Waals surface area contributed by atoms with E-state index in [1.807, 2.05) is 6.92 Å². The molecular formula is C13H14N4O3S. The monoisotopic (exact) mass is 306 g/mol. The minimum atomic E-state index is -0.697. The number of anilines is 1. The van der Waals surface area contributed by atoms with Crippen LogP contribution in [0.4, 0.5) is 11.4 Å². The van der Waals surface area contributed by atoms with Gasteiger partial charge < -0.3 is 11.1 Å². The number of amides is 1. The first-order valence-electron chi connectivity index (χ1n) is 6.27. The quantitative estimate of drug-likeness (QED) is 0.628. The van der Waals surface area contributed by atoms with Crippen molar-refractivity contribution < 1.29 is 9.72 Å². The first-order chi connectivity index (χ1) is 10.0. The Morgan fingerprint density at radius 2 is 2.29 bits per heavy atom. The Labute approximate surface area is 125 Å². The summed E-state index contributed by atoms with van der Waals surface area (Å²) in [6.45, 7) is 2.43. The minimum absolute atomic E-state index is 0.106. The lowest BCUT2D eigenvalue weighted by molar-refractivity contribution is -0.384. The molecule has 1 amide bonds. The third-order valence-electron chi connectivity index (χ3n) is 2.86. The van der Waals surface area contributed by atoms with Crippen molar-refractivity contribution in [3.63, 3.8) is 0 Å². The zero-order chi connectivity index (χ0) is 15.4. The van der Waals surface area contributed by atoms with E-state index in [1.54, 1.807) is 17.5 Å². The predicted octanol–water partition coefficient (Wildman–Crippen LogP) is 2.32. The van der Waals surface area contributed by atoms with Crippen molar-refractivity contribution in [3.05, 3.63) is 50.0 Å². The number of nitro groups is 1. The lowest BCUT2D eigenvalue weighted by atomic mass is 10.1. The van der Waals surface area contributed by atoms with E-state index in [0.717, 1.165) is 16.3 Å². The van der Waals surface area contributed by atoms with Crippen LogP contribution in [0, 0.1) is 10.1 Å². The second-order valence-electron chi connectivity index (χ2n) is 4.28. The highest BCUT2D eigenvalue weighted by Gasteiger charge is 2.16. The fourth-order valence-corrected chi connectivity index (χ4v) is 2.55. The van der Waals surface area contributed by atoms with Crippen molar-refractivity contribution in [2.45, 2.75) is 19.9 Å². The molecule has 2 rings (SSSR count). The van der Waals surface area contributed by atoms with Crippen molar-refractivity contribution in [2.24, 2.45) is 5.73 Å². The number of carbonyl (C=O) groups excluding carboxylic acids is 1. The number of primary amides is 1. The summed E-state index contributed by atoms with van der Waals surface area (Å²) in [6.07, 6.45) is 2.71. The molecule has 0 spiro atoms. The van der Waals surface area contributed by atoms with Gasteiger partial charge in [0.15, 0.2) is 0 Å². The number of nitrogens with zero attached hydrogens (tertiary/aromatic N) is 2. The highest BCUT2D eigenvalue weighted by atomic mass is 32.1. The summed E-state index contributed by atoms with van der Waals surface area (Å²) in [5.74, 6) is -0.697. The van der Waals surface area contributed by atoms with Gasteiger partial charge in [-0.1, -0.05) is 6.92 Å². The zero-order valence-electron chi connectivity index (χ0n) is 11.3. The minimum Gasteiger partial charge on any atom is -0.373 e. The summed E-state index contributed by atoms with van der Waals surface area (Å²) in [5, 5.41) is 14.9. The first-order valence-corrected chi connectivity index (χ1v) is 7.08. The molecule has 3 N–H and O–H groups in total. The third kappa shape index (κ3) is 3.54. The first kappa shape index (κ1) is 14.9. The highest BCUT2D eigenvalue weighted by Crippen LogP contribution is 2.26. The number of nitro benzene ring substituents is 1. The molecule has 0 atom stereocenters. The Morgan fingerprint density at radius 1 is 1.52 bits per heavy atom. The number of aromatic nitrogens is 1. The standard InChI is InChI=1S/C13H14N4O3S/c1-2-9-6-16-12(21-9)7-15-10-4-3-8(13(14)18)5-11(10)17(19)20/h3-6,15H,2,7H2,1H3,(H2,14,18). The molecule has 110 valence electrons. The average Bonchev–Trinajstić information content (AvgIpc) is 2.92. The molecule has 1 aromatic carbocycles. The number of aryl methyl sites for hydroxylation is 1. The van der Waals surface area contributed by atoms with Gasteiger partial charge in [-0.2, -0.15) is 0 Å². The van der Waals surface area contributed by atoms with Crippen LogP contribution in [0.25, 0.3) is 0 Å². The largest absolute Gasteiger partial charge is 0.373 e. The molecule has 0 saturated carbocycles. The highest BCUT2D eigenvalue weighted by molar-refractivity contribution is 7.11. The summed E-state index contributed by atoms with van der Waals surface area (Å²) < 4.78 is 0. The van der Waals surface area contributed by atoms with E-state index < -0.39 is 10.8 Å². The van der Waals surface area contributed by atoms with Crippen LogP contribution in [-0.2, 0) is 13.0 Å². The van der Waals surface area contributed by atoms with E-state index in [4.69, 9.17) is 5.73 Å². The number of rotatable bonds is 6. The fraction of sp³-hybridized carbons (Fsp3) is 0.231. The van der Waals surface area contributed by atoms with Gasteiger partial charge in [-0.15, -0.1) is 11.3 Å². The van der Waals surface area contributed by atoms with E-state index in [1.165, 1.54) is 18.2 Å². The van der Waals surface area contributed by atoms with Gasteiger partial charge in [-0.05, 0) is 18.6 Å². The summed E-state index contributed by atoms with van der Waals surface area (Å²) in [5.41, 5.74) is 5.38. The summed E-state index contributed by atoms with van der Waals surface area (Å²) in [4.78, 5) is 27.0. The van der Waals surface area contributed by atoms with Gasteiger partial charge in [-0.25, -0.2) is 4.98 Å². The Hall–Kier alpha value is -2.48. The van der Waals surface area contributed by atoms with Crippen LogP contribution in [0.3, 0.4) is 0 Å². The lowest BCUT2D eigenvalue weighted by Gasteiger charge is -2.06. The molecule has 0 fully saturated rings. The van der Waals surface area contributed by atoms with Gasteiger partial charge in [0.05, 0.1) is 11.5 Å². The molecule has 1 heterocycles. The van der Waals surface area contributed by atoms with Crippen molar-refractivity contribution in [1.29, 1.82) is 0 Å². The van der Waals surface area contributed by atoms with E-state index in [9.17, 15) is 14.9 Å². The maximum absolute atomic E-state index is 11.1. The number of hydrogen-bond donors (Lipinski definition) is 2. The SMILES string of the molecule is CCc1cnc(CNc2ccc(C(N)=O)cc2[N+](=O)[O-])s1. The maximum Gasteiger partial charge on any atom is 0.293 e. The van der Waals surface area contributed by atoms with Crippen LogP contribution in [0.15, 0.2) is 24.4 Å². The average molecular weight is 306 g/mol. The van der Waals surface area contributed by atoms with Crippen LogP contribution in [0.5, 0.6) is 0 Å². The Balaban J connectivity index is 2.19. The van der Waals surface area contributed by atoms with Gasteiger partial charge >= 0.3 is 0 Å². The Bertz CT molecular complexity index is 684. The molecule has 0 saturated heterocycles. The molecule has 0 aliphatic carbocycles. The second kappa shape index (κ2) is 6.31. The zero-order valence-corrected chi connectivity index (χ0v) is 12.1. The van der Waals surface area contributed by atoms with Gasteiger partial charge in [0.2, 0.25) is 5.91 Å². The van der Waals surface area contributed by atoms with Crippen LogP contribution in [-0.4, -0.2) is 15.8 Å². The number of benzene rings is 1. The summed E-state index contributed by atoms with van der Waals surface area (Å²) >= 11 is 1.56. The van der Waals surface area contributed by atoms with E-state index in [0.29, 0.717) is 12.2 Å². The molecule has 2 aromatic rings. The Morgan fingerprint density at radius 3 is 2.86 bits per heavy atom. The van der Waals surface area contributed by atoms with E-state index >= 15 is 0 Å². The molecule has 1 aromatic heterocycles. The molecule has 0 unspecified atom stereocenters. The summed E-state index contributed by atoms with van der Waals surface area (Å²) in [6, 6.07) is 4.10. The molecular weight excluding hydrogens is 292 g/mol. The molecule has 0 aliphatic rings. The van der Waals surface area contributed by atoms with E-state index in [-0.39, 0.29) is 11.3 Å². The maximum atomic E-state index is 11.1. The van der Waals surface area contributed by atoms with Crippen molar-refractivity contribution in [1.82, 2.24) is 4.98 Å². The van der Waals surface area contributed by atoms with Gasteiger partial charge in [-0.3, -0.25) is 14.9 Å². The smallest absolute Gasteiger partial charge is 0.293 e. The molecule has 8 heteroatoms. The van der Waals surface area contributed by atoms with Crippen LogP contribution >= 0.6 is 11.3 Å². The van der Waals surface area contributed by atoms with Crippen molar-refractivity contribution in [2.75, 3.05) is 5.32 Å². The second-order valence-corrected chi connectivity index (χ2v) is 5.48. The van der Waals surface area contributed by atoms with Crippen molar-refractivity contribution in [3.8, 4) is 0 Å². The van der Waals surface area contributed by atoms with Crippen LogP contribution in [0.1, 0.15) is 27.2 Å². The number of thiazole rings is 1. The number of carbonyl (C=O) groups is 1. The van der Waals surface area contributed by atoms with Gasteiger partial charge in [0.1, 0.15) is 10.7 Å². The predicted molar refractivity (Wildman–Crippen MR) is 80.4 cm³/mol. The number of nitrogens with two attached hydrogens (primary N) is 1. The fourth-order valence-electron chi connectivity index (χ4n) is 1.75.